The van der Waals surface area contributed by atoms with Crippen LogP contribution in [0.5, 0.6) is 0 Å². The number of carbonyl (C=O) groups excluding carboxylic acids is 1. The van der Waals surface area contributed by atoms with Gasteiger partial charge in [-0.25, -0.2) is 0 Å². The molecule has 0 unspecified atom stereocenters. The highest BCUT2D eigenvalue weighted by molar-refractivity contribution is 5.94. The molecule has 0 aliphatic carbocycles. The Kier molecular flexibility index (Phi) is 1.59. The molecule has 4 heteroatoms. The lowest BCUT2D eigenvalue weighted by Crippen LogP contribution is -2.48. The number of benzene rings is 1. The number of primary amides is 1. The van der Waals surface area contributed by atoms with Gasteiger partial charge in [0, 0.05) is 17.8 Å². The fourth-order valence-corrected chi connectivity index (χ4v) is 2.27. The van der Waals surface area contributed by atoms with Crippen LogP contribution in [0.1, 0.15) is 15.9 Å². The van der Waals surface area contributed by atoms with Gasteiger partial charge in [-0.2, -0.15) is 0 Å². The second-order valence-electron chi connectivity index (χ2n) is 4.25. The molecule has 4 nitrogen and oxygen atoms in total. The van der Waals surface area contributed by atoms with E-state index in [2.05, 4.69) is 5.32 Å². The van der Waals surface area contributed by atoms with Gasteiger partial charge >= 0.3 is 0 Å². The number of ether oxygens (including phenoxy) is 1. The lowest BCUT2D eigenvalue weighted by molar-refractivity contribution is -0.0493. The van der Waals surface area contributed by atoms with Gasteiger partial charge in [-0.1, -0.05) is 6.07 Å². The van der Waals surface area contributed by atoms with E-state index in [0.717, 1.165) is 25.4 Å². The molecule has 0 aromatic heterocycles. The first-order valence-corrected chi connectivity index (χ1v) is 4.97. The topological polar surface area (TPSA) is 64.4 Å². The van der Waals surface area contributed by atoms with Gasteiger partial charge in [-0.15, -0.1) is 0 Å². The maximum Gasteiger partial charge on any atom is 0.248 e. The van der Waals surface area contributed by atoms with Crippen molar-refractivity contribution in [1.82, 2.24) is 0 Å². The molecule has 15 heavy (non-hydrogen) atoms. The van der Waals surface area contributed by atoms with E-state index in [9.17, 15) is 4.79 Å². The van der Waals surface area contributed by atoms with Crippen LogP contribution in [-0.2, 0) is 10.2 Å². The van der Waals surface area contributed by atoms with Gasteiger partial charge in [0.2, 0.25) is 5.91 Å². The third-order valence-corrected chi connectivity index (χ3v) is 3.25. The largest absolute Gasteiger partial charge is 0.384 e. The zero-order valence-corrected chi connectivity index (χ0v) is 8.25. The summed E-state index contributed by atoms with van der Waals surface area (Å²) in [5.41, 5.74) is 8.20. The fraction of sp³-hybridized carbons (Fsp3) is 0.364. The molecule has 3 N–H and O–H groups in total. The molecule has 0 saturated carbocycles. The number of anilines is 1. The number of nitrogens with one attached hydrogen (secondary N) is 1. The maximum atomic E-state index is 11.0. The van der Waals surface area contributed by atoms with E-state index in [0.29, 0.717) is 5.56 Å². The quantitative estimate of drug-likeness (QED) is 0.699. The molecule has 0 radical (unpaired) electrons. The summed E-state index contributed by atoms with van der Waals surface area (Å²) in [4.78, 5) is 11.0. The van der Waals surface area contributed by atoms with Gasteiger partial charge < -0.3 is 15.8 Å². The number of carbonyl (C=O) groups is 1. The first-order valence-electron chi connectivity index (χ1n) is 4.97. The summed E-state index contributed by atoms with van der Waals surface area (Å²) in [5.74, 6) is -0.384. The predicted molar refractivity (Wildman–Crippen MR) is 55.9 cm³/mol. The molecule has 2 heterocycles. The molecule has 2 aliphatic rings. The minimum atomic E-state index is -0.384. The predicted octanol–water partition coefficient (Wildman–Crippen LogP) is 0.479. The Bertz CT molecular complexity index is 438. The number of rotatable bonds is 1. The Morgan fingerprint density at radius 1 is 1.47 bits per heavy atom. The van der Waals surface area contributed by atoms with Crippen molar-refractivity contribution in [2.45, 2.75) is 5.41 Å². The molecular formula is C11H12N2O2. The second-order valence-corrected chi connectivity index (χ2v) is 4.25. The molecule has 78 valence electrons. The second kappa shape index (κ2) is 2.73. The van der Waals surface area contributed by atoms with Crippen molar-refractivity contribution in [3.05, 3.63) is 29.3 Å². The van der Waals surface area contributed by atoms with E-state index in [-0.39, 0.29) is 11.3 Å². The summed E-state index contributed by atoms with van der Waals surface area (Å²) in [5, 5.41) is 3.30. The molecule has 0 bridgehead atoms. The van der Waals surface area contributed by atoms with Crippen LogP contribution in [0, 0.1) is 0 Å². The van der Waals surface area contributed by atoms with Gasteiger partial charge in [0.05, 0.1) is 18.6 Å². The van der Waals surface area contributed by atoms with Crippen molar-refractivity contribution >= 4 is 11.6 Å². The van der Waals surface area contributed by atoms with Crippen LogP contribution in [0.25, 0.3) is 0 Å². The zero-order valence-electron chi connectivity index (χ0n) is 8.25. The Balaban J connectivity index is 2.05. The van der Waals surface area contributed by atoms with Gasteiger partial charge in [-0.3, -0.25) is 4.79 Å². The highest BCUT2D eigenvalue weighted by Crippen LogP contribution is 2.42. The van der Waals surface area contributed by atoms with Crippen LogP contribution in [0.2, 0.25) is 0 Å². The third-order valence-electron chi connectivity index (χ3n) is 3.25. The Labute approximate surface area is 87.4 Å². The first-order chi connectivity index (χ1) is 7.21. The van der Waals surface area contributed by atoms with Crippen molar-refractivity contribution < 1.29 is 9.53 Å². The van der Waals surface area contributed by atoms with E-state index in [4.69, 9.17) is 10.5 Å². The van der Waals surface area contributed by atoms with E-state index in [1.807, 2.05) is 12.1 Å². The van der Waals surface area contributed by atoms with Gasteiger partial charge in [-0.05, 0) is 17.7 Å². The lowest BCUT2D eigenvalue weighted by atomic mass is 9.80. The fourth-order valence-electron chi connectivity index (χ4n) is 2.27. The molecule has 0 atom stereocenters. The number of amides is 1. The summed E-state index contributed by atoms with van der Waals surface area (Å²) in [6.07, 6.45) is 0. The van der Waals surface area contributed by atoms with Crippen LogP contribution in [-0.4, -0.2) is 25.7 Å². The highest BCUT2D eigenvalue weighted by Gasteiger charge is 2.45. The van der Waals surface area contributed by atoms with Crippen molar-refractivity contribution in [3.63, 3.8) is 0 Å². The van der Waals surface area contributed by atoms with Crippen LogP contribution in [0.3, 0.4) is 0 Å². The van der Waals surface area contributed by atoms with E-state index in [1.54, 1.807) is 6.07 Å². The minimum absolute atomic E-state index is 0.144. The van der Waals surface area contributed by atoms with Crippen molar-refractivity contribution in [2.75, 3.05) is 25.1 Å². The summed E-state index contributed by atoms with van der Waals surface area (Å²) < 4.78 is 5.26. The summed E-state index contributed by atoms with van der Waals surface area (Å²) in [6.45, 7) is 2.43. The Hall–Kier alpha value is -1.55. The average molecular weight is 204 g/mol. The SMILES string of the molecule is NC(=O)c1ccc2c(c1)NCC21COC1. The highest BCUT2D eigenvalue weighted by atomic mass is 16.5. The van der Waals surface area contributed by atoms with E-state index < -0.39 is 0 Å². The molecule has 3 rings (SSSR count). The van der Waals surface area contributed by atoms with Crippen LogP contribution in [0.15, 0.2) is 18.2 Å². The van der Waals surface area contributed by atoms with E-state index >= 15 is 0 Å². The van der Waals surface area contributed by atoms with Crippen LogP contribution >= 0.6 is 0 Å². The smallest absolute Gasteiger partial charge is 0.248 e. The minimum Gasteiger partial charge on any atom is -0.384 e. The van der Waals surface area contributed by atoms with Gasteiger partial charge in [0.25, 0.3) is 0 Å². The molecule has 2 aliphatic heterocycles. The van der Waals surface area contributed by atoms with Crippen molar-refractivity contribution in [2.24, 2.45) is 5.73 Å². The third kappa shape index (κ3) is 1.08. The number of nitrogens with two attached hydrogens (primary N) is 1. The number of hydrogen-bond acceptors (Lipinski definition) is 3. The zero-order chi connectivity index (χ0) is 10.5. The van der Waals surface area contributed by atoms with Gasteiger partial charge in [0.1, 0.15) is 0 Å². The van der Waals surface area contributed by atoms with Crippen LogP contribution in [0.4, 0.5) is 5.69 Å². The van der Waals surface area contributed by atoms with Crippen molar-refractivity contribution in [1.29, 1.82) is 0 Å². The molecule has 1 saturated heterocycles. The number of fused-ring (bicyclic) bond motifs is 2. The van der Waals surface area contributed by atoms with E-state index in [1.165, 1.54) is 5.56 Å². The molecule has 1 fully saturated rings. The Morgan fingerprint density at radius 2 is 2.27 bits per heavy atom. The monoisotopic (exact) mass is 204 g/mol. The standard InChI is InChI=1S/C11H12N2O2/c12-10(14)7-1-2-8-9(3-7)13-4-11(8)5-15-6-11/h1-3,13H,4-6H2,(H2,12,14). The van der Waals surface area contributed by atoms with Crippen LogP contribution < -0.4 is 11.1 Å². The molecule has 1 aromatic rings. The first kappa shape index (κ1) is 8.73. The number of hydrogen-bond donors (Lipinski definition) is 2. The van der Waals surface area contributed by atoms with Crippen molar-refractivity contribution in [3.8, 4) is 0 Å². The molecule has 1 spiro atoms. The average Bonchev–Trinajstić information content (AvgIpc) is 2.54. The maximum absolute atomic E-state index is 11.0. The normalized spacial score (nSPS) is 20.5. The summed E-state index contributed by atoms with van der Waals surface area (Å²) in [6, 6.07) is 5.59. The van der Waals surface area contributed by atoms with Gasteiger partial charge in [0.15, 0.2) is 0 Å². The summed E-state index contributed by atoms with van der Waals surface area (Å²) >= 11 is 0. The Morgan fingerprint density at radius 3 is 2.87 bits per heavy atom. The molecular weight excluding hydrogens is 192 g/mol. The summed E-state index contributed by atoms with van der Waals surface area (Å²) in [7, 11) is 0. The molecule has 1 aromatic carbocycles. The lowest BCUT2D eigenvalue weighted by Gasteiger charge is -2.37. The molecule has 1 amide bonds.